The van der Waals surface area contributed by atoms with Crippen molar-refractivity contribution in [2.75, 3.05) is 13.1 Å². The third-order valence-electron chi connectivity index (χ3n) is 4.03. The minimum absolute atomic E-state index is 0.195. The molecule has 0 radical (unpaired) electrons. The second-order valence-corrected chi connectivity index (χ2v) is 5.09. The quantitative estimate of drug-likeness (QED) is 0.721. The summed E-state index contributed by atoms with van der Waals surface area (Å²) >= 11 is 0. The second kappa shape index (κ2) is 4.67. The van der Waals surface area contributed by atoms with Gasteiger partial charge in [0, 0.05) is 0 Å². The summed E-state index contributed by atoms with van der Waals surface area (Å²) in [5.74, 6) is 0. The molecule has 0 aromatic heterocycles. The van der Waals surface area contributed by atoms with E-state index in [0.717, 1.165) is 25.9 Å². The molecule has 2 fully saturated rings. The lowest BCUT2D eigenvalue weighted by Gasteiger charge is -2.42. The van der Waals surface area contributed by atoms with Crippen molar-refractivity contribution in [3.05, 3.63) is 12.7 Å². The Balaban J connectivity index is 2.05. The number of rotatable bonds is 3. The van der Waals surface area contributed by atoms with Crippen LogP contribution in [0, 0.1) is 0 Å². The SMILES string of the molecule is C=CC(N1CCCC1)C1(O)CCCCC1. The number of hydrogen-bond donors (Lipinski definition) is 1. The summed E-state index contributed by atoms with van der Waals surface area (Å²) in [4.78, 5) is 2.42. The molecule has 0 spiro atoms. The lowest BCUT2D eigenvalue weighted by atomic mass is 9.79. The first-order valence-corrected chi connectivity index (χ1v) is 6.35. The van der Waals surface area contributed by atoms with Gasteiger partial charge in [-0.15, -0.1) is 6.58 Å². The zero-order valence-corrected chi connectivity index (χ0v) is 9.62. The highest BCUT2D eigenvalue weighted by Gasteiger charge is 2.39. The maximum Gasteiger partial charge on any atom is 0.0837 e. The molecule has 1 aliphatic heterocycles. The van der Waals surface area contributed by atoms with Crippen LogP contribution in [0.4, 0.5) is 0 Å². The van der Waals surface area contributed by atoms with Crippen molar-refractivity contribution in [2.24, 2.45) is 0 Å². The summed E-state index contributed by atoms with van der Waals surface area (Å²) in [7, 11) is 0. The van der Waals surface area contributed by atoms with E-state index in [9.17, 15) is 5.11 Å². The van der Waals surface area contributed by atoms with Gasteiger partial charge in [-0.25, -0.2) is 0 Å². The fourth-order valence-electron chi connectivity index (χ4n) is 3.19. The predicted octanol–water partition coefficient (Wildman–Crippen LogP) is 2.33. The first-order chi connectivity index (χ1) is 7.26. The highest BCUT2D eigenvalue weighted by Crippen LogP contribution is 2.34. The Morgan fingerprint density at radius 3 is 2.20 bits per heavy atom. The van der Waals surface area contributed by atoms with Crippen LogP contribution in [0.3, 0.4) is 0 Å². The molecule has 2 heteroatoms. The summed E-state index contributed by atoms with van der Waals surface area (Å²) in [5.41, 5.74) is -0.482. The van der Waals surface area contributed by atoms with Gasteiger partial charge in [-0.3, -0.25) is 4.90 Å². The van der Waals surface area contributed by atoms with E-state index in [1.165, 1.54) is 32.1 Å². The number of nitrogens with zero attached hydrogens (tertiary/aromatic N) is 1. The Labute approximate surface area is 93.0 Å². The highest BCUT2D eigenvalue weighted by molar-refractivity contribution is 5.04. The van der Waals surface area contributed by atoms with Crippen molar-refractivity contribution >= 4 is 0 Å². The van der Waals surface area contributed by atoms with Crippen molar-refractivity contribution in [1.29, 1.82) is 0 Å². The monoisotopic (exact) mass is 209 g/mol. The Morgan fingerprint density at radius 2 is 1.67 bits per heavy atom. The molecule has 2 rings (SSSR count). The van der Waals surface area contributed by atoms with Gasteiger partial charge in [0.2, 0.25) is 0 Å². The van der Waals surface area contributed by atoms with Gasteiger partial charge in [0.15, 0.2) is 0 Å². The van der Waals surface area contributed by atoms with Crippen molar-refractivity contribution in [3.63, 3.8) is 0 Å². The largest absolute Gasteiger partial charge is 0.388 e. The van der Waals surface area contributed by atoms with Crippen molar-refractivity contribution in [3.8, 4) is 0 Å². The van der Waals surface area contributed by atoms with E-state index in [-0.39, 0.29) is 6.04 Å². The summed E-state index contributed by atoms with van der Waals surface area (Å²) in [6.07, 6.45) is 10.1. The third kappa shape index (κ3) is 2.26. The molecule has 1 N–H and O–H groups in total. The third-order valence-corrected chi connectivity index (χ3v) is 4.03. The molecule has 1 unspecified atom stereocenters. The molecule has 2 aliphatic rings. The number of likely N-dealkylation sites (tertiary alicyclic amines) is 1. The van der Waals surface area contributed by atoms with Gasteiger partial charge in [0.1, 0.15) is 0 Å². The first kappa shape index (κ1) is 11.2. The standard InChI is InChI=1S/C13H23NO/c1-2-12(14-10-6-7-11-14)13(15)8-4-3-5-9-13/h2,12,15H,1,3-11H2. The van der Waals surface area contributed by atoms with Crippen LogP contribution < -0.4 is 0 Å². The molecule has 0 aromatic carbocycles. The molecule has 0 aromatic rings. The molecule has 1 saturated heterocycles. The summed E-state index contributed by atoms with van der Waals surface area (Å²) < 4.78 is 0. The Morgan fingerprint density at radius 1 is 1.07 bits per heavy atom. The average Bonchev–Trinajstić information content (AvgIpc) is 2.73. The molecular formula is C13H23NO. The summed E-state index contributed by atoms with van der Waals surface area (Å²) in [6.45, 7) is 6.20. The van der Waals surface area contributed by atoms with Gasteiger partial charge < -0.3 is 5.11 Å². The highest BCUT2D eigenvalue weighted by atomic mass is 16.3. The maximum absolute atomic E-state index is 10.7. The van der Waals surface area contributed by atoms with Gasteiger partial charge in [0.05, 0.1) is 11.6 Å². The summed E-state index contributed by atoms with van der Waals surface area (Å²) in [6, 6.07) is 0.195. The molecule has 1 heterocycles. The van der Waals surface area contributed by atoms with Crippen molar-refractivity contribution < 1.29 is 5.11 Å². The van der Waals surface area contributed by atoms with Crippen LogP contribution in [0.5, 0.6) is 0 Å². The molecule has 86 valence electrons. The molecule has 0 amide bonds. The lowest BCUT2D eigenvalue weighted by molar-refractivity contribution is -0.0497. The van der Waals surface area contributed by atoms with Crippen LogP contribution >= 0.6 is 0 Å². The van der Waals surface area contributed by atoms with E-state index in [4.69, 9.17) is 0 Å². The fraction of sp³-hybridized carbons (Fsp3) is 0.846. The molecule has 1 aliphatic carbocycles. The maximum atomic E-state index is 10.7. The van der Waals surface area contributed by atoms with Gasteiger partial charge in [-0.2, -0.15) is 0 Å². The Hall–Kier alpha value is -0.340. The molecule has 2 nitrogen and oxygen atoms in total. The summed E-state index contributed by atoms with van der Waals surface area (Å²) in [5, 5.41) is 10.7. The van der Waals surface area contributed by atoms with E-state index in [0.29, 0.717) is 0 Å². The average molecular weight is 209 g/mol. The Bertz CT molecular complexity index is 215. The minimum Gasteiger partial charge on any atom is -0.388 e. The van der Waals surface area contributed by atoms with Crippen LogP contribution in [0.2, 0.25) is 0 Å². The van der Waals surface area contributed by atoms with E-state index in [2.05, 4.69) is 11.5 Å². The van der Waals surface area contributed by atoms with E-state index >= 15 is 0 Å². The van der Waals surface area contributed by atoms with Crippen LogP contribution in [0.25, 0.3) is 0 Å². The van der Waals surface area contributed by atoms with E-state index in [1.807, 2.05) is 6.08 Å². The molecule has 1 atom stereocenters. The van der Waals surface area contributed by atoms with Crippen LogP contribution in [0.1, 0.15) is 44.9 Å². The van der Waals surface area contributed by atoms with Gasteiger partial charge in [-0.1, -0.05) is 25.3 Å². The lowest BCUT2D eigenvalue weighted by Crippen LogP contribution is -2.51. The molecule has 15 heavy (non-hydrogen) atoms. The van der Waals surface area contributed by atoms with Gasteiger partial charge in [-0.05, 0) is 38.8 Å². The van der Waals surface area contributed by atoms with Crippen LogP contribution in [-0.4, -0.2) is 34.7 Å². The second-order valence-electron chi connectivity index (χ2n) is 5.09. The predicted molar refractivity (Wildman–Crippen MR) is 62.8 cm³/mol. The number of hydrogen-bond acceptors (Lipinski definition) is 2. The zero-order chi connectivity index (χ0) is 10.7. The zero-order valence-electron chi connectivity index (χ0n) is 9.62. The smallest absolute Gasteiger partial charge is 0.0837 e. The van der Waals surface area contributed by atoms with E-state index < -0.39 is 5.60 Å². The fourth-order valence-corrected chi connectivity index (χ4v) is 3.19. The Kier molecular flexibility index (Phi) is 3.47. The van der Waals surface area contributed by atoms with Crippen molar-refractivity contribution in [1.82, 2.24) is 4.90 Å². The van der Waals surface area contributed by atoms with Crippen molar-refractivity contribution in [2.45, 2.75) is 56.6 Å². The van der Waals surface area contributed by atoms with Gasteiger partial charge in [0.25, 0.3) is 0 Å². The van der Waals surface area contributed by atoms with Gasteiger partial charge >= 0.3 is 0 Å². The van der Waals surface area contributed by atoms with Crippen LogP contribution in [-0.2, 0) is 0 Å². The first-order valence-electron chi connectivity index (χ1n) is 6.35. The van der Waals surface area contributed by atoms with Crippen LogP contribution in [0.15, 0.2) is 12.7 Å². The number of aliphatic hydroxyl groups is 1. The molecular weight excluding hydrogens is 186 g/mol. The topological polar surface area (TPSA) is 23.5 Å². The molecule has 0 bridgehead atoms. The van der Waals surface area contributed by atoms with E-state index in [1.54, 1.807) is 0 Å². The minimum atomic E-state index is -0.482. The normalized spacial score (nSPS) is 28.9. The molecule has 1 saturated carbocycles.